The van der Waals surface area contributed by atoms with Crippen molar-refractivity contribution in [3.8, 4) is 0 Å². The van der Waals surface area contributed by atoms with Crippen molar-refractivity contribution >= 4 is 0 Å². The lowest BCUT2D eigenvalue weighted by Crippen LogP contribution is -2.40. The van der Waals surface area contributed by atoms with E-state index in [1.165, 1.54) is 17.5 Å². The molecule has 2 atom stereocenters. The molecule has 0 aliphatic rings. The molecule has 114 valence electrons. The molecule has 0 spiro atoms. The highest BCUT2D eigenvalue weighted by Gasteiger charge is 2.16. The van der Waals surface area contributed by atoms with Gasteiger partial charge in [0.25, 0.3) is 0 Å². The summed E-state index contributed by atoms with van der Waals surface area (Å²) in [6.45, 7) is 17.0. The van der Waals surface area contributed by atoms with Gasteiger partial charge in [-0.1, -0.05) is 52.0 Å². The fourth-order valence-corrected chi connectivity index (χ4v) is 2.28. The van der Waals surface area contributed by atoms with Crippen molar-refractivity contribution in [2.45, 2.75) is 66.3 Å². The highest BCUT2D eigenvalue weighted by Crippen LogP contribution is 2.20. The van der Waals surface area contributed by atoms with Crippen LogP contribution in [0.15, 0.2) is 24.3 Å². The minimum Gasteiger partial charge on any atom is -0.312 e. The Labute approximate surface area is 126 Å². The van der Waals surface area contributed by atoms with Crippen LogP contribution >= 0.6 is 0 Å². The van der Waals surface area contributed by atoms with Gasteiger partial charge in [-0.25, -0.2) is 0 Å². The summed E-state index contributed by atoms with van der Waals surface area (Å²) in [5.74, 6) is 2.02. The lowest BCUT2D eigenvalue weighted by molar-refractivity contribution is 0.317. The molecule has 1 aromatic carbocycles. The number of hydrogen-bond donors (Lipinski definition) is 1. The molecule has 0 bridgehead atoms. The summed E-state index contributed by atoms with van der Waals surface area (Å²) in [6.07, 6.45) is 1.17. The first-order chi connectivity index (χ1) is 9.19. The average molecular weight is 275 g/mol. The lowest BCUT2D eigenvalue weighted by Gasteiger charge is -2.26. The average Bonchev–Trinajstić information content (AvgIpc) is 2.35. The third-order valence-electron chi connectivity index (χ3n) is 4.13. The van der Waals surface area contributed by atoms with Gasteiger partial charge in [-0.15, -0.1) is 0 Å². The van der Waals surface area contributed by atoms with Crippen LogP contribution in [0, 0.1) is 11.8 Å². The van der Waals surface area contributed by atoms with Crippen LogP contribution in [0.3, 0.4) is 0 Å². The predicted octanol–water partition coefficient (Wildman–Crippen LogP) is 5.01. The lowest BCUT2D eigenvalue weighted by atomic mass is 9.88. The Bertz CT molecular complexity index is 383. The van der Waals surface area contributed by atoms with Gasteiger partial charge in [0.05, 0.1) is 0 Å². The van der Waals surface area contributed by atoms with E-state index in [1.807, 2.05) is 0 Å². The Balaban J connectivity index is 2.50. The van der Waals surface area contributed by atoms with E-state index in [1.54, 1.807) is 0 Å². The summed E-state index contributed by atoms with van der Waals surface area (Å²) < 4.78 is 0. The Hall–Kier alpha value is -0.820. The third kappa shape index (κ3) is 6.09. The molecule has 0 saturated carbocycles. The van der Waals surface area contributed by atoms with Gasteiger partial charge in [0, 0.05) is 5.54 Å². The van der Waals surface area contributed by atoms with Crippen LogP contribution < -0.4 is 5.32 Å². The molecule has 0 radical (unpaired) electrons. The number of hydrogen-bond acceptors (Lipinski definition) is 1. The van der Waals surface area contributed by atoms with E-state index < -0.39 is 0 Å². The first-order valence-electron chi connectivity index (χ1n) is 8.03. The van der Waals surface area contributed by atoms with Crippen molar-refractivity contribution in [1.82, 2.24) is 5.32 Å². The molecule has 0 aliphatic heterocycles. The summed E-state index contributed by atoms with van der Waals surface area (Å²) in [5, 5.41) is 3.61. The molecule has 0 aliphatic carbocycles. The number of benzene rings is 1. The van der Waals surface area contributed by atoms with Gasteiger partial charge >= 0.3 is 0 Å². The summed E-state index contributed by atoms with van der Waals surface area (Å²) in [7, 11) is 0. The standard InChI is InChI=1S/C19H33N/c1-14(2)18-10-8-17(9-11-18)12-15(3)16(4)13-20-19(5,6)7/h8-11,14-16,20H,12-13H2,1-7H3. The summed E-state index contributed by atoms with van der Waals surface area (Å²) in [4.78, 5) is 0. The first-order valence-corrected chi connectivity index (χ1v) is 8.03. The molecule has 2 unspecified atom stereocenters. The Morgan fingerprint density at radius 1 is 0.900 bits per heavy atom. The second-order valence-electron chi connectivity index (χ2n) is 7.69. The van der Waals surface area contributed by atoms with E-state index in [4.69, 9.17) is 0 Å². The zero-order valence-electron chi connectivity index (χ0n) is 14.5. The van der Waals surface area contributed by atoms with E-state index in [2.05, 4.69) is 78.0 Å². The molecule has 1 rings (SSSR count). The Morgan fingerprint density at radius 3 is 1.90 bits per heavy atom. The topological polar surface area (TPSA) is 12.0 Å². The van der Waals surface area contributed by atoms with Crippen LogP contribution in [-0.4, -0.2) is 12.1 Å². The maximum absolute atomic E-state index is 3.61. The molecule has 0 amide bonds. The van der Waals surface area contributed by atoms with Crippen molar-refractivity contribution in [3.05, 3.63) is 35.4 Å². The smallest absolute Gasteiger partial charge is 0.00966 e. The normalized spacial score (nSPS) is 15.4. The fourth-order valence-electron chi connectivity index (χ4n) is 2.28. The van der Waals surface area contributed by atoms with E-state index in [-0.39, 0.29) is 5.54 Å². The van der Waals surface area contributed by atoms with Gasteiger partial charge in [-0.3, -0.25) is 0 Å². The van der Waals surface area contributed by atoms with Gasteiger partial charge < -0.3 is 5.32 Å². The zero-order chi connectivity index (χ0) is 15.3. The Morgan fingerprint density at radius 2 is 1.45 bits per heavy atom. The number of nitrogens with one attached hydrogen (secondary N) is 1. The Kier molecular flexibility index (Phi) is 6.26. The van der Waals surface area contributed by atoms with Crippen molar-refractivity contribution in [2.75, 3.05) is 6.54 Å². The molecule has 0 aromatic heterocycles. The van der Waals surface area contributed by atoms with Crippen LogP contribution in [0.25, 0.3) is 0 Å². The summed E-state index contributed by atoms with van der Waals surface area (Å²) >= 11 is 0. The monoisotopic (exact) mass is 275 g/mol. The van der Waals surface area contributed by atoms with Crippen molar-refractivity contribution in [3.63, 3.8) is 0 Å². The molecule has 0 heterocycles. The molecular formula is C19H33N. The fraction of sp³-hybridized carbons (Fsp3) is 0.684. The van der Waals surface area contributed by atoms with Crippen LogP contribution in [0.5, 0.6) is 0 Å². The largest absolute Gasteiger partial charge is 0.312 e. The maximum Gasteiger partial charge on any atom is 0.00966 e. The van der Waals surface area contributed by atoms with E-state index in [9.17, 15) is 0 Å². The van der Waals surface area contributed by atoms with E-state index in [0.29, 0.717) is 17.8 Å². The minimum atomic E-state index is 0.215. The van der Waals surface area contributed by atoms with Crippen molar-refractivity contribution < 1.29 is 0 Å². The molecule has 20 heavy (non-hydrogen) atoms. The molecule has 1 N–H and O–H groups in total. The molecule has 1 aromatic rings. The van der Waals surface area contributed by atoms with Crippen molar-refractivity contribution in [1.29, 1.82) is 0 Å². The summed E-state index contributed by atoms with van der Waals surface area (Å²) in [6, 6.07) is 9.17. The van der Waals surface area contributed by atoms with Crippen LogP contribution in [0.4, 0.5) is 0 Å². The van der Waals surface area contributed by atoms with Gasteiger partial charge in [0.15, 0.2) is 0 Å². The molecular weight excluding hydrogens is 242 g/mol. The van der Waals surface area contributed by atoms with Crippen LogP contribution in [0.2, 0.25) is 0 Å². The quantitative estimate of drug-likeness (QED) is 0.769. The summed E-state index contributed by atoms with van der Waals surface area (Å²) in [5.41, 5.74) is 3.11. The number of rotatable bonds is 6. The van der Waals surface area contributed by atoms with E-state index in [0.717, 1.165) is 6.54 Å². The molecule has 1 nitrogen and oxygen atoms in total. The molecule has 1 heteroatoms. The SMILES string of the molecule is CC(C)c1ccc(CC(C)C(C)CNC(C)(C)C)cc1. The highest BCUT2D eigenvalue weighted by molar-refractivity contribution is 5.25. The molecule has 0 saturated heterocycles. The second kappa shape index (κ2) is 7.26. The first kappa shape index (κ1) is 17.2. The van der Waals surface area contributed by atoms with Crippen molar-refractivity contribution in [2.24, 2.45) is 11.8 Å². The van der Waals surface area contributed by atoms with Gasteiger partial charge in [0.1, 0.15) is 0 Å². The third-order valence-corrected chi connectivity index (χ3v) is 4.13. The van der Waals surface area contributed by atoms with Gasteiger partial charge in [-0.2, -0.15) is 0 Å². The van der Waals surface area contributed by atoms with Crippen LogP contribution in [0.1, 0.15) is 65.5 Å². The minimum absolute atomic E-state index is 0.215. The highest BCUT2D eigenvalue weighted by atomic mass is 14.9. The van der Waals surface area contributed by atoms with E-state index >= 15 is 0 Å². The maximum atomic E-state index is 3.61. The second-order valence-corrected chi connectivity index (χ2v) is 7.69. The molecule has 0 fully saturated rings. The predicted molar refractivity (Wildman–Crippen MR) is 90.3 cm³/mol. The van der Waals surface area contributed by atoms with Gasteiger partial charge in [-0.05, 0) is 62.6 Å². The van der Waals surface area contributed by atoms with Gasteiger partial charge in [0.2, 0.25) is 0 Å². The zero-order valence-corrected chi connectivity index (χ0v) is 14.5. The van der Waals surface area contributed by atoms with Crippen LogP contribution in [-0.2, 0) is 6.42 Å².